The predicted molar refractivity (Wildman–Crippen MR) is 81.3 cm³/mol. The number of aromatic amines is 1. The summed E-state index contributed by atoms with van der Waals surface area (Å²) in [6, 6.07) is 11.5. The van der Waals surface area contributed by atoms with Crippen LogP contribution < -0.4 is 10.3 Å². The van der Waals surface area contributed by atoms with Crippen molar-refractivity contribution in [2.45, 2.75) is 6.54 Å². The minimum absolute atomic E-state index is 0.0259. The number of hydrogen-bond donors (Lipinski definition) is 1. The normalized spacial score (nSPS) is 10.8. The predicted octanol–water partition coefficient (Wildman–Crippen LogP) is 2.29. The molecule has 22 heavy (non-hydrogen) atoms. The number of H-pyrrole nitrogens is 1. The molecule has 0 atom stereocenters. The van der Waals surface area contributed by atoms with Crippen LogP contribution in [-0.4, -0.2) is 21.8 Å². The molecule has 0 aliphatic heterocycles. The molecular formula is C15H13N3O4. The molecule has 0 fully saturated rings. The van der Waals surface area contributed by atoms with E-state index < -0.39 is 4.92 Å². The summed E-state index contributed by atoms with van der Waals surface area (Å²) in [6.07, 6.45) is 0. The lowest BCUT2D eigenvalue weighted by Crippen LogP contribution is -2.07. The van der Waals surface area contributed by atoms with E-state index in [0.29, 0.717) is 17.7 Å². The minimum Gasteiger partial charge on any atom is -0.497 e. The van der Waals surface area contributed by atoms with Gasteiger partial charge in [0.2, 0.25) is 0 Å². The average molecular weight is 299 g/mol. The van der Waals surface area contributed by atoms with E-state index in [9.17, 15) is 14.9 Å². The number of methoxy groups -OCH3 is 1. The maximum absolute atomic E-state index is 12.0. The SMILES string of the molecule is COc1ccc2c(c1)c(=O)[nH]n2Cc1cccc([N+](=O)[O-])c1. The zero-order valence-electron chi connectivity index (χ0n) is 11.8. The van der Waals surface area contributed by atoms with Gasteiger partial charge in [-0.05, 0) is 23.8 Å². The lowest BCUT2D eigenvalue weighted by atomic mass is 10.2. The van der Waals surface area contributed by atoms with Gasteiger partial charge in [0.05, 0.1) is 29.5 Å². The number of fused-ring (bicyclic) bond motifs is 1. The summed E-state index contributed by atoms with van der Waals surface area (Å²) in [5.41, 5.74) is 1.26. The zero-order valence-corrected chi connectivity index (χ0v) is 11.8. The third-order valence-corrected chi connectivity index (χ3v) is 3.44. The molecule has 2 aromatic carbocycles. The highest BCUT2D eigenvalue weighted by Crippen LogP contribution is 2.19. The molecular weight excluding hydrogens is 286 g/mol. The summed E-state index contributed by atoms with van der Waals surface area (Å²) in [5, 5.41) is 14.1. The van der Waals surface area contributed by atoms with Gasteiger partial charge in [-0.3, -0.25) is 24.7 Å². The Morgan fingerprint density at radius 2 is 2.09 bits per heavy atom. The van der Waals surface area contributed by atoms with Gasteiger partial charge in [-0.25, -0.2) is 0 Å². The molecule has 0 aliphatic rings. The monoisotopic (exact) mass is 299 g/mol. The number of nitro benzene ring substituents is 1. The Morgan fingerprint density at radius 1 is 1.27 bits per heavy atom. The lowest BCUT2D eigenvalue weighted by molar-refractivity contribution is -0.384. The first kappa shape index (κ1) is 13.9. The molecule has 0 amide bonds. The molecule has 7 nitrogen and oxygen atoms in total. The van der Waals surface area contributed by atoms with Crippen molar-refractivity contribution in [2.24, 2.45) is 0 Å². The molecule has 0 radical (unpaired) electrons. The van der Waals surface area contributed by atoms with Gasteiger partial charge in [0.1, 0.15) is 5.75 Å². The van der Waals surface area contributed by atoms with Gasteiger partial charge in [0, 0.05) is 12.1 Å². The fourth-order valence-corrected chi connectivity index (χ4v) is 2.38. The Balaban J connectivity index is 2.03. The molecule has 7 heteroatoms. The van der Waals surface area contributed by atoms with Crippen LogP contribution in [0.15, 0.2) is 47.3 Å². The molecule has 1 aromatic heterocycles. The van der Waals surface area contributed by atoms with Gasteiger partial charge in [0.25, 0.3) is 11.2 Å². The lowest BCUT2D eigenvalue weighted by Gasteiger charge is -2.05. The molecule has 3 aromatic rings. The zero-order chi connectivity index (χ0) is 15.7. The topological polar surface area (TPSA) is 90.2 Å². The molecule has 0 saturated carbocycles. The van der Waals surface area contributed by atoms with Crippen molar-refractivity contribution >= 4 is 16.6 Å². The van der Waals surface area contributed by atoms with Crippen LogP contribution >= 0.6 is 0 Å². The van der Waals surface area contributed by atoms with E-state index in [1.165, 1.54) is 19.2 Å². The maximum Gasteiger partial charge on any atom is 0.272 e. The average Bonchev–Trinajstić information content (AvgIpc) is 2.83. The van der Waals surface area contributed by atoms with Crippen LogP contribution in [0.25, 0.3) is 10.9 Å². The summed E-state index contributed by atoms with van der Waals surface area (Å²) in [6.45, 7) is 0.340. The van der Waals surface area contributed by atoms with Gasteiger partial charge in [-0.2, -0.15) is 0 Å². The molecule has 3 rings (SSSR count). The summed E-state index contributed by atoms with van der Waals surface area (Å²) in [5.74, 6) is 0.603. The van der Waals surface area contributed by atoms with Crippen molar-refractivity contribution in [3.63, 3.8) is 0 Å². The second-order valence-electron chi connectivity index (χ2n) is 4.84. The molecule has 0 spiro atoms. The number of aromatic nitrogens is 2. The number of benzene rings is 2. The quantitative estimate of drug-likeness (QED) is 0.591. The maximum atomic E-state index is 12.0. The third kappa shape index (κ3) is 2.44. The molecule has 0 bridgehead atoms. The largest absolute Gasteiger partial charge is 0.497 e. The van der Waals surface area contributed by atoms with Gasteiger partial charge in [-0.15, -0.1) is 0 Å². The van der Waals surface area contributed by atoms with Crippen LogP contribution in [0.4, 0.5) is 5.69 Å². The molecule has 1 N–H and O–H groups in total. The number of rotatable bonds is 4. The van der Waals surface area contributed by atoms with Gasteiger partial charge in [-0.1, -0.05) is 12.1 Å². The van der Waals surface area contributed by atoms with Crippen molar-refractivity contribution in [3.8, 4) is 5.75 Å². The first-order chi connectivity index (χ1) is 10.6. The number of nitrogens with zero attached hydrogens (tertiary/aromatic N) is 2. The Labute approximate surface area is 124 Å². The molecule has 1 heterocycles. The van der Waals surface area contributed by atoms with Crippen molar-refractivity contribution in [3.05, 3.63) is 68.5 Å². The molecule has 0 aliphatic carbocycles. The highest BCUT2D eigenvalue weighted by atomic mass is 16.6. The summed E-state index contributed by atoms with van der Waals surface area (Å²) >= 11 is 0. The van der Waals surface area contributed by atoms with Crippen LogP contribution in [0.1, 0.15) is 5.56 Å². The first-order valence-electron chi connectivity index (χ1n) is 6.58. The van der Waals surface area contributed by atoms with Crippen molar-refractivity contribution in [1.29, 1.82) is 0 Å². The van der Waals surface area contributed by atoms with E-state index in [0.717, 1.165) is 11.1 Å². The number of ether oxygens (including phenoxy) is 1. The highest BCUT2D eigenvalue weighted by molar-refractivity contribution is 5.80. The second-order valence-corrected chi connectivity index (χ2v) is 4.84. The molecule has 112 valence electrons. The fraction of sp³-hybridized carbons (Fsp3) is 0.133. The number of non-ortho nitro benzene ring substituents is 1. The molecule has 0 saturated heterocycles. The Kier molecular flexibility index (Phi) is 3.38. The Bertz CT molecular complexity index is 911. The summed E-state index contributed by atoms with van der Waals surface area (Å²) in [7, 11) is 1.54. The summed E-state index contributed by atoms with van der Waals surface area (Å²) < 4.78 is 6.77. The smallest absolute Gasteiger partial charge is 0.272 e. The van der Waals surface area contributed by atoms with E-state index in [2.05, 4.69) is 5.10 Å². The standard InChI is InChI=1S/C15H13N3O4/c1-22-12-5-6-14-13(8-12)15(19)16-17(14)9-10-3-2-4-11(7-10)18(20)21/h2-8H,9H2,1H3,(H,16,19). The van der Waals surface area contributed by atoms with Crippen LogP contribution in [0.3, 0.4) is 0 Å². The number of hydrogen-bond acceptors (Lipinski definition) is 4. The van der Waals surface area contributed by atoms with Crippen LogP contribution in [-0.2, 0) is 6.54 Å². The Hall–Kier alpha value is -3.09. The minimum atomic E-state index is -0.440. The van der Waals surface area contributed by atoms with Crippen LogP contribution in [0.2, 0.25) is 0 Å². The Morgan fingerprint density at radius 3 is 2.82 bits per heavy atom. The number of nitro groups is 1. The van der Waals surface area contributed by atoms with Crippen molar-refractivity contribution in [2.75, 3.05) is 7.11 Å². The van der Waals surface area contributed by atoms with Gasteiger partial charge < -0.3 is 4.74 Å². The molecule has 0 unspecified atom stereocenters. The van der Waals surface area contributed by atoms with Crippen molar-refractivity contribution < 1.29 is 9.66 Å². The number of nitrogens with one attached hydrogen (secondary N) is 1. The van der Waals surface area contributed by atoms with Crippen LogP contribution in [0.5, 0.6) is 5.75 Å². The van der Waals surface area contributed by atoms with E-state index in [-0.39, 0.29) is 11.2 Å². The van der Waals surface area contributed by atoms with Gasteiger partial charge >= 0.3 is 0 Å². The van der Waals surface area contributed by atoms with E-state index in [4.69, 9.17) is 4.74 Å². The fourth-order valence-electron chi connectivity index (χ4n) is 2.38. The van der Waals surface area contributed by atoms with Crippen LogP contribution in [0, 0.1) is 10.1 Å². The second kappa shape index (κ2) is 5.36. The third-order valence-electron chi connectivity index (χ3n) is 3.44. The van der Waals surface area contributed by atoms with E-state index in [1.54, 1.807) is 35.0 Å². The van der Waals surface area contributed by atoms with E-state index in [1.807, 2.05) is 0 Å². The van der Waals surface area contributed by atoms with Gasteiger partial charge in [0.15, 0.2) is 0 Å². The van der Waals surface area contributed by atoms with E-state index >= 15 is 0 Å². The summed E-state index contributed by atoms with van der Waals surface area (Å²) in [4.78, 5) is 22.4. The first-order valence-corrected chi connectivity index (χ1v) is 6.58. The van der Waals surface area contributed by atoms with Crippen molar-refractivity contribution in [1.82, 2.24) is 9.78 Å². The highest BCUT2D eigenvalue weighted by Gasteiger charge is 2.10.